The zero-order chi connectivity index (χ0) is 15.2. The first-order valence-corrected chi connectivity index (χ1v) is 7.93. The molecule has 1 N–H and O–H groups in total. The topological polar surface area (TPSA) is 107 Å². The molecule has 9 heteroatoms. The Morgan fingerprint density at radius 3 is 2.86 bits per heavy atom. The molecule has 1 aliphatic rings. The van der Waals surface area contributed by atoms with Crippen LogP contribution in [0.4, 0.5) is 0 Å². The molecule has 3 heterocycles. The van der Waals surface area contributed by atoms with Gasteiger partial charge in [0.1, 0.15) is 17.1 Å². The van der Waals surface area contributed by atoms with Gasteiger partial charge in [-0.15, -0.1) is 0 Å². The lowest BCUT2D eigenvalue weighted by Gasteiger charge is -2.08. The van der Waals surface area contributed by atoms with Gasteiger partial charge in [0, 0.05) is 13.0 Å². The maximum Gasteiger partial charge on any atom is 0.281 e. The first-order valence-electron chi connectivity index (χ1n) is 6.44. The maximum atomic E-state index is 12.3. The van der Waals surface area contributed by atoms with Gasteiger partial charge in [-0.05, 0) is 20.3 Å². The van der Waals surface area contributed by atoms with Crippen molar-refractivity contribution >= 4 is 15.9 Å². The van der Waals surface area contributed by atoms with Crippen LogP contribution in [0.15, 0.2) is 15.7 Å². The predicted molar refractivity (Wildman–Crippen MR) is 71.2 cm³/mol. The van der Waals surface area contributed by atoms with E-state index in [0.717, 1.165) is 18.7 Å². The predicted octanol–water partition coefficient (Wildman–Crippen LogP) is 0.553. The Balaban J connectivity index is 1.92. The molecular formula is C12H14N4O4S. The minimum atomic E-state index is -3.97. The van der Waals surface area contributed by atoms with Gasteiger partial charge in [0.05, 0.1) is 11.9 Å². The molecule has 1 aliphatic heterocycles. The molecule has 0 unspecified atom stereocenters. The Morgan fingerprint density at radius 1 is 1.43 bits per heavy atom. The van der Waals surface area contributed by atoms with E-state index in [1.54, 1.807) is 18.4 Å². The van der Waals surface area contributed by atoms with E-state index in [4.69, 9.17) is 4.52 Å². The van der Waals surface area contributed by atoms with Crippen LogP contribution in [0.1, 0.15) is 34.1 Å². The summed E-state index contributed by atoms with van der Waals surface area (Å²) in [5.41, 5.74) is 0.485. The Hall–Kier alpha value is -2.16. The van der Waals surface area contributed by atoms with Crippen LogP contribution in [0.25, 0.3) is 0 Å². The molecule has 8 nitrogen and oxygen atoms in total. The third-order valence-corrected chi connectivity index (χ3v) is 4.78. The fraction of sp³-hybridized carbons (Fsp3) is 0.417. The van der Waals surface area contributed by atoms with Gasteiger partial charge in [0.15, 0.2) is 5.03 Å². The summed E-state index contributed by atoms with van der Waals surface area (Å²) in [4.78, 5) is 16.2. The molecule has 2 aromatic heterocycles. The molecule has 1 amide bonds. The van der Waals surface area contributed by atoms with E-state index in [0.29, 0.717) is 12.2 Å². The number of sulfonamides is 1. The molecule has 0 saturated heterocycles. The monoisotopic (exact) mass is 310 g/mol. The highest BCUT2D eigenvalue weighted by molar-refractivity contribution is 7.90. The third kappa shape index (κ3) is 2.23. The average Bonchev–Trinajstić information content (AvgIpc) is 3.03. The number of carbonyl (C=O) groups excluding carboxylic acids is 1. The molecule has 0 atom stereocenters. The second kappa shape index (κ2) is 4.69. The van der Waals surface area contributed by atoms with Crippen molar-refractivity contribution in [3.8, 4) is 0 Å². The number of nitrogens with one attached hydrogen (secondary N) is 1. The number of aryl methyl sites for hydroxylation is 3. The van der Waals surface area contributed by atoms with Crippen LogP contribution in [0, 0.1) is 13.8 Å². The van der Waals surface area contributed by atoms with Crippen LogP contribution in [0.2, 0.25) is 0 Å². The second-order valence-corrected chi connectivity index (χ2v) is 6.53. The summed E-state index contributed by atoms with van der Waals surface area (Å²) < 4.78 is 33.2. The van der Waals surface area contributed by atoms with Crippen molar-refractivity contribution in [2.24, 2.45) is 0 Å². The Morgan fingerprint density at radius 2 is 2.19 bits per heavy atom. The molecule has 2 aromatic rings. The number of nitrogens with zero attached hydrogens (tertiary/aromatic N) is 3. The summed E-state index contributed by atoms with van der Waals surface area (Å²) in [7, 11) is -3.97. The van der Waals surface area contributed by atoms with Crippen molar-refractivity contribution in [3.63, 3.8) is 0 Å². The lowest BCUT2D eigenvalue weighted by atomic mass is 10.2. The second-order valence-electron chi connectivity index (χ2n) is 4.90. The number of hydrogen-bond acceptors (Lipinski definition) is 6. The number of rotatable bonds is 3. The molecule has 0 spiro atoms. The van der Waals surface area contributed by atoms with Crippen LogP contribution >= 0.6 is 0 Å². The van der Waals surface area contributed by atoms with Crippen LogP contribution in [0.5, 0.6) is 0 Å². The van der Waals surface area contributed by atoms with Crippen molar-refractivity contribution in [1.29, 1.82) is 0 Å². The number of imidazole rings is 1. The molecule has 112 valence electrons. The summed E-state index contributed by atoms with van der Waals surface area (Å²) in [6, 6.07) is 0. The van der Waals surface area contributed by atoms with E-state index in [1.807, 2.05) is 4.72 Å². The summed E-state index contributed by atoms with van der Waals surface area (Å²) in [6.07, 6.45) is 2.87. The molecule has 0 bridgehead atoms. The first-order chi connectivity index (χ1) is 9.90. The fourth-order valence-electron chi connectivity index (χ4n) is 2.48. The molecule has 0 radical (unpaired) electrons. The van der Waals surface area contributed by atoms with E-state index >= 15 is 0 Å². The van der Waals surface area contributed by atoms with Crippen LogP contribution in [-0.2, 0) is 23.0 Å². The standard InChI is InChI=1S/C12H14N4O4S/c1-7-11(8(2)20-14-7)12(17)15-21(18,19)10-6-13-9-4-3-5-16(9)10/h6H,3-5H2,1-2H3,(H,15,17). The number of fused-ring (bicyclic) bond motifs is 1. The Bertz CT molecular complexity index is 799. The Labute approximate surface area is 121 Å². The van der Waals surface area contributed by atoms with Crippen molar-refractivity contribution in [3.05, 3.63) is 29.0 Å². The van der Waals surface area contributed by atoms with Gasteiger partial charge >= 0.3 is 0 Å². The van der Waals surface area contributed by atoms with Crippen molar-refractivity contribution < 1.29 is 17.7 Å². The van der Waals surface area contributed by atoms with Gasteiger partial charge in [-0.1, -0.05) is 5.16 Å². The highest BCUT2D eigenvalue weighted by atomic mass is 32.2. The average molecular weight is 310 g/mol. The van der Waals surface area contributed by atoms with E-state index in [-0.39, 0.29) is 16.3 Å². The van der Waals surface area contributed by atoms with Gasteiger partial charge in [-0.3, -0.25) is 4.79 Å². The van der Waals surface area contributed by atoms with Gasteiger partial charge in [0.25, 0.3) is 15.9 Å². The van der Waals surface area contributed by atoms with E-state index in [9.17, 15) is 13.2 Å². The highest BCUT2D eigenvalue weighted by Crippen LogP contribution is 2.20. The fourth-order valence-corrected chi connectivity index (χ4v) is 3.61. The number of hydrogen-bond donors (Lipinski definition) is 1. The Kier molecular flexibility index (Phi) is 3.08. The smallest absolute Gasteiger partial charge is 0.281 e. The van der Waals surface area contributed by atoms with Crippen molar-refractivity contribution in [2.75, 3.05) is 0 Å². The van der Waals surface area contributed by atoms with E-state index in [1.165, 1.54) is 6.20 Å². The highest BCUT2D eigenvalue weighted by Gasteiger charge is 2.29. The molecule has 0 fully saturated rings. The zero-order valence-electron chi connectivity index (χ0n) is 11.6. The summed E-state index contributed by atoms with van der Waals surface area (Å²) in [5.74, 6) is 0.249. The number of aromatic nitrogens is 3. The van der Waals surface area contributed by atoms with Gasteiger partial charge in [-0.25, -0.2) is 9.71 Å². The molecule has 3 rings (SSSR count). The van der Waals surface area contributed by atoms with Gasteiger partial charge < -0.3 is 9.09 Å². The lowest BCUT2D eigenvalue weighted by molar-refractivity contribution is 0.0979. The SMILES string of the molecule is Cc1noc(C)c1C(=O)NS(=O)(=O)c1cnc2n1CCC2. The summed E-state index contributed by atoms with van der Waals surface area (Å²) >= 11 is 0. The maximum absolute atomic E-state index is 12.3. The molecular weight excluding hydrogens is 296 g/mol. The first kappa shape index (κ1) is 13.8. The van der Waals surface area contributed by atoms with Gasteiger partial charge in [0.2, 0.25) is 0 Å². The minimum absolute atomic E-state index is 0.00936. The minimum Gasteiger partial charge on any atom is -0.361 e. The molecule has 0 aromatic carbocycles. The summed E-state index contributed by atoms with van der Waals surface area (Å²) in [5, 5.41) is 3.65. The van der Waals surface area contributed by atoms with Crippen LogP contribution < -0.4 is 4.72 Å². The van der Waals surface area contributed by atoms with E-state index < -0.39 is 15.9 Å². The zero-order valence-corrected chi connectivity index (χ0v) is 12.4. The van der Waals surface area contributed by atoms with E-state index in [2.05, 4.69) is 10.1 Å². The van der Waals surface area contributed by atoms with Crippen LogP contribution in [-0.4, -0.2) is 29.0 Å². The van der Waals surface area contributed by atoms with Gasteiger partial charge in [-0.2, -0.15) is 8.42 Å². The molecule has 0 aliphatic carbocycles. The lowest BCUT2D eigenvalue weighted by Crippen LogP contribution is -2.32. The normalized spacial score (nSPS) is 14.2. The molecule has 21 heavy (non-hydrogen) atoms. The van der Waals surface area contributed by atoms with Crippen LogP contribution in [0.3, 0.4) is 0 Å². The number of amides is 1. The summed E-state index contributed by atoms with van der Waals surface area (Å²) in [6.45, 7) is 3.72. The number of carbonyl (C=O) groups is 1. The van der Waals surface area contributed by atoms with Crippen molar-refractivity contribution in [1.82, 2.24) is 19.4 Å². The quantitative estimate of drug-likeness (QED) is 0.887. The molecule has 0 saturated carbocycles. The largest absolute Gasteiger partial charge is 0.361 e. The van der Waals surface area contributed by atoms with Crippen molar-refractivity contribution in [2.45, 2.75) is 38.3 Å². The third-order valence-electron chi connectivity index (χ3n) is 3.45.